The van der Waals surface area contributed by atoms with Crippen molar-refractivity contribution in [3.05, 3.63) is 15.2 Å². The van der Waals surface area contributed by atoms with Crippen LogP contribution in [0.4, 0.5) is 4.39 Å². The van der Waals surface area contributed by atoms with Crippen LogP contribution in [0.25, 0.3) is 0 Å². The molecule has 1 heterocycles. The van der Waals surface area contributed by atoms with Crippen LogP contribution < -0.4 is 0 Å². The van der Waals surface area contributed by atoms with Crippen LogP contribution in [0.15, 0.2) is 0 Å². The van der Waals surface area contributed by atoms with Crippen LogP contribution in [0, 0.1) is 16.4 Å². The van der Waals surface area contributed by atoms with Gasteiger partial charge in [-0.3, -0.25) is 0 Å². The lowest BCUT2D eigenvalue weighted by molar-refractivity contribution is 0.499. The maximum Gasteiger partial charge on any atom is 0.224 e. The molecular weight excluding hydrogens is 234 g/mol. The molecule has 0 bridgehead atoms. The highest BCUT2D eigenvalue weighted by Crippen LogP contribution is 2.12. The van der Waals surface area contributed by atoms with Crippen LogP contribution in [0.2, 0.25) is 0 Å². The molecule has 4 heteroatoms. The molecule has 0 spiro atoms. The molecule has 0 saturated carbocycles. The fourth-order valence-corrected chi connectivity index (χ4v) is 1.06. The molecule has 0 aliphatic carbocycles. The van der Waals surface area contributed by atoms with Gasteiger partial charge in [0.05, 0.1) is 9.26 Å². The molecule has 0 radical (unpaired) electrons. The van der Waals surface area contributed by atoms with Crippen LogP contribution in [0.5, 0.6) is 0 Å². The summed E-state index contributed by atoms with van der Waals surface area (Å²) in [7, 11) is 1.59. The lowest BCUT2D eigenvalue weighted by atomic mass is 10.5. The summed E-state index contributed by atoms with van der Waals surface area (Å²) in [6.45, 7) is 1.78. The van der Waals surface area contributed by atoms with Crippen molar-refractivity contribution in [3.63, 3.8) is 0 Å². The topological polar surface area (TPSA) is 17.8 Å². The molecule has 0 saturated heterocycles. The largest absolute Gasteiger partial charge is 0.242 e. The van der Waals surface area contributed by atoms with E-state index in [0.717, 1.165) is 5.69 Å². The molecule has 0 amide bonds. The molecule has 9 heavy (non-hydrogen) atoms. The Morgan fingerprint density at radius 2 is 2.22 bits per heavy atom. The Morgan fingerprint density at radius 1 is 1.67 bits per heavy atom. The lowest BCUT2D eigenvalue weighted by Crippen LogP contribution is -1.93. The van der Waals surface area contributed by atoms with E-state index in [1.54, 1.807) is 14.0 Å². The van der Waals surface area contributed by atoms with Crippen molar-refractivity contribution in [1.82, 2.24) is 9.78 Å². The third-order valence-electron chi connectivity index (χ3n) is 1.08. The second-order valence-corrected chi connectivity index (χ2v) is 2.89. The highest BCUT2D eigenvalue weighted by atomic mass is 127. The average Bonchev–Trinajstić information content (AvgIpc) is 1.98. The van der Waals surface area contributed by atoms with Crippen LogP contribution in [-0.2, 0) is 7.05 Å². The van der Waals surface area contributed by atoms with Crippen LogP contribution in [0.1, 0.15) is 5.69 Å². The Labute approximate surface area is 66.2 Å². The second kappa shape index (κ2) is 2.24. The van der Waals surface area contributed by atoms with Crippen LogP contribution in [0.3, 0.4) is 0 Å². The third-order valence-corrected chi connectivity index (χ3v) is 2.31. The SMILES string of the molecule is Cc1nn(C)c(F)c1I. The molecular formula is C5H6FIN2. The second-order valence-electron chi connectivity index (χ2n) is 1.81. The van der Waals surface area contributed by atoms with E-state index in [1.807, 2.05) is 22.6 Å². The zero-order valence-corrected chi connectivity index (χ0v) is 7.31. The van der Waals surface area contributed by atoms with Gasteiger partial charge in [-0.1, -0.05) is 0 Å². The van der Waals surface area contributed by atoms with E-state index in [1.165, 1.54) is 4.68 Å². The van der Waals surface area contributed by atoms with Crippen molar-refractivity contribution in [2.24, 2.45) is 7.05 Å². The molecule has 1 aromatic heterocycles. The first kappa shape index (κ1) is 6.98. The van der Waals surface area contributed by atoms with E-state index in [0.29, 0.717) is 3.57 Å². The zero-order valence-electron chi connectivity index (χ0n) is 5.15. The van der Waals surface area contributed by atoms with Gasteiger partial charge in [0.25, 0.3) is 0 Å². The Kier molecular flexibility index (Phi) is 1.74. The molecule has 0 fully saturated rings. The van der Waals surface area contributed by atoms with E-state index in [9.17, 15) is 4.39 Å². The molecule has 0 N–H and O–H groups in total. The van der Waals surface area contributed by atoms with Crippen molar-refractivity contribution >= 4 is 22.6 Å². The third kappa shape index (κ3) is 1.08. The summed E-state index contributed by atoms with van der Waals surface area (Å²) < 4.78 is 14.5. The monoisotopic (exact) mass is 240 g/mol. The Balaban J connectivity index is 3.29. The maximum atomic E-state index is 12.6. The lowest BCUT2D eigenvalue weighted by Gasteiger charge is -1.85. The van der Waals surface area contributed by atoms with Crippen LogP contribution >= 0.6 is 22.6 Å². The number of rotatable bonds is 0. The van der Waals surface area contributed by atoms with Gasteiger partial charge in [-0.05, 0) is 29.5 Å². The van der Waals surface area contributed by atoms with Crippen molar-refractivity contribution in [2.75, 3.05) is 0 Å². The molecule has 0 unspecified atom stereocenters. The van der Waals surface area contributed by atoms with E-state index < -0.39 is 0 Å². The van der Waals surface area contributed by atoms with Crippen LogP contribution in [-0.4, -0.2) is 9.78 Å². The Bertz CT molecular complexity index is 209. The highest BCUT2D eigenvalue weighted by Gasteiger charge is 2.07. The molecule has 2 nitrogen and oxygen atoms in total. The van der Waals surface area contributed by atoms with Crippen molar-refractivity contribution in [3.8, 4) is 0 Å². The standard InChI is InChI=1S/C5H6FIN2/c1-3-4(7)5(6)9(2)8-3/h1-2H3. The Hall–Kier alpha value is -0.130. The van der Waals surface area contributed by atoms with Gasteiger partial charge in [-0.25, -0.2) is 4.68 Å². The smallest absolute Gasteiger partial charge is 0.224 e. The van der Waals surface area contributed by atoms with Crippen molar-refractivity contribution < 1.29 is 4.39 Å². The summed E-state index contributed by atoms with van der Waals surface area (Å²) in [6, 6.07) is 0. The predicted molar refractivity (Wildman–Crippen MR) is 40.6 cm³/mol. The van der Waals surface area contributed by atoms with Gasteiger partial charge in [-0.15, -0.1) is 0 Å². The first-order valence-corrected chi connectivity index (χ1v) is 3.55. The first-order chi connectivity index (χ1) is 4.13. The van der Waals surface area contributed by atoms with E-state index in [-0.39, 0.29) is 5.95 Å². The number of aromatic nitrogens is 2. The minimum absolute atomic E-state index is 0.256. The van der Waals surface area contributed by atoms with E-state index >= 15 is 0 Å². The van der Waals surface area contributed by atoms with Gasteiger partial charge in [0.2, 0.25) is 5.95 Å². The van der Waals surface area contributed by atoms with Gasteiger partial charge in [-0.2, -0.15) is 9.49 Å². The molecule has 50 valence electrons. The number of hydrogen-bond donors (Lipinski definition) is 0. The number of nitrogens with zero attached hydrogens (tertiary/aromatic N) is 2. The summed E-state index contributed by atoms with van der Waals surface area (Å²) in [5, 5.41) is 3.84. The molecule has 1 aromatic rings. The van der Waals surface area contributed by atoms with Crippen molar-refractivity contribution in [1.29, 1.82) is 0 Å². The Morgan fingerprint density at radius 3 is 2.33 bits per heavy atom. The van der Waals surface area contributed by atoms with E-state index in [4.69, 9.17) is 0 Å². The quantitative estimate of drug-likeness (QED) is 0.628. The normalized spacial score (nSPS) is 10.2. The van der Waals surface area contributed by atoms with E-state index in [2.05, 4.69) is 5.10 Å². The van der Waals surface area contributed by atoms with Gasteiger partial charge in [0, 0.05) is 7.05 Å². The highest BCUT2D eigenvalue weighted by molar-refractivity contribution is 14.1. The molecule has 0 aromatic carbocycles. The van der Waals surface area contributed by atoms with Gasteiger partial charge in [0.15, 0.2) is 0 Å². The minimum Gasteiger partial charge on any atom is -0.242 e. The summed E-state index contributed by atoms with van der Waals surface area (Å²) in [6.07, 6.45) is 0. The van der Waals surface area contributed by atoms with Gasteiger partial charge < -0.3 is 0 Å². The van der Waals surface area contributed by atoms with Crippen molar-refractivity contribution in [2.45, 2.75) is 6.92 Å². The molecule has 0 atom stereocenters. The minimum atomic E-state index is -0.256. The summed E-state index contributed by atoms with van der Waals surface area (Å²) in [5.74, 6) is -0.256. The molecule has 1 rings (SSSR count). The fraction of sp³-hybridized carbons (Fsp3) is 0.400. The van der Waals surface area contributed by atoms with Gasteiger partial charge in [0.1, 0.15) is 0 Å². The number of hydrogen-bond acceptors (Lipinski definition) is 1. The molecule has 0 aliphatic heterocycles. The van der Waals surface area contributed by atoms with Gasteiger partial charge >= 0.3 is 0 Å². The predicted octanol–water partition coefficient (Wildman–Crippen LogP) is 1.47. The summed E-state index contributed by atoms with van der Waals surface area (Å²) >= 11 is 1.93. The summed E-state index contributed by atoms with van der Waals surface area (Å²) in [4.78, 5) is 0. The number of halogens is 2. The first-order valence-electron chi connectivity index (χ1n) is 2.47. The maximum absolute atomic E-state index is 12.6. The summed E-state index contributed by atoms with van der Waals surface area (Å²) in [5.41, 5.74) is 0.746. The fourth-order valence-electron chi connectivity index (χ4n) is 0.604. The number of aryl methyl sites for hydroxylation is 2. The zero-order chi connectivity index (χ0) is 7.02. The molecule has 0 aliphatic rings. The average molecular weight is 240 g/mol.